The summed E-state index contributed by atoms with van der Waals surface area (Å²) < 4.78 is 38.0. The SMILES string of the molecule is CN(C)C(=O)O[C@@H]1C[C@H]2C(=O)N[C@]3(C(=O)NS(=O)(=O)C4(C)CC4)C[C@@H]3/C=C\CCCCC[C@H](NC(=O)OC(C)(C)C)C(=O)N2C1. The van der Waals surface area contributed by atoms with Gasteiger partial charge in [-0.05, 0) is 66.2 Å². The van der Waals surface area contributed by atoms with Gasteiger partial charge >= 0.3 is 12.2 Å². The van der Waals surface area contributed by atoms with Gasteiger partial charge in [0, 0.05) is 26.4 Å². The van der Waals surface area contributed by atoms with Gasteiger partial charge in [0.05, 0.1) is 11.3 Å². The Balaban J connectivity index is 1.63. The highest BCUT2D eigenvalue weighted by Gasteiger charge is 2.63. The number of hydrogen-bond donors (Lipinski definition) is 3. The number of hydrogen-bond acceptors (Lipinski definition) is 9. The number of alkyl carbamates (subject to hydrolysis) is 1. The summed E-state index contributed by atoms with van der Waals surface area (Å²) in [6.45, 7) is 6.57. The van der Waals surface area contributed by atoms with Crippen molar-refractivity contribution in [3.05, 3.63) is 12.2 Å². The third kappa shape index (κ3) is 8.08. The molecule has 0 unspecified atom stereocenters. The Hall–Kier alpha value is -3.36. The second-order valence-electron chi connectivity index (χ2n) is 14.1. The molecule has 14 nitrogen and oxygen atoms in total. The first kappa shape index (κ1) is 34.5. The Morgan fingerprint density at radius 3 is 2.42 bits per heavy atom. The van der Waals surface area contributed by atoms with E-state index < -0.39 is 79.9 Å². The number of allylic oxidation sites excluding steroid dienone is 1. The number of carbonyl (C=O) groups excluding carboxylic acids is 5. The number of nitrogens with one attached hydrogen (secondary N) is 3. The third-order valence-electron chi connectivity index (χ3n) is 8.80. The zero-order chi connectivity index (χ0) is 33.4. The van der Waals surface area contributed by atoms with Gasteiger partial charge in [0.2, 0.25) is 21.8 Å². The lowest BCUT2D eigenvalue weighted by Crippen LogP contribution is -2.58. The van der Waals surface area contributed by atoms with Crippen LogP contribution in [0.1, 0.15) is 85.5 Å². The normalized spacial score (nSPS) is 30.7. The molecule has 0 spiro atoms. The minimum absolute atomic E-state index is 0.0507. The van der Waals surface area contributed by atoms with E-state index in [-0.39, 0.29) is 19.4 Å². The maximum Gasteiger partial charge on any atom is 0.409 e. The molecule has 15 heteroatoms. The lowest BCUT2D eigenvalue weighted by Gasteiger charge is -2.30. The fourth-order valence-corrected chi connectivity index (χ4v) is 6.96. The Bertz CT molecular complexity index is 1340. The van der Waals surface area contributed by atoms with Crippen LogP contribution < -0.4 is 15.4 Å². The maximum atomic E-state index is 14.0. The van der Waals surface area contributed by atoms with Crippen LogP contribution in [0.3, 0.4) is 0 Å². The minimum atomic E-state index is -3.97. The molecule has 4 rings (SSSR count). The van der Waals surface area contributed by atoms with Crippen LogP contribution in [0.25, 0.3) is 0 Å². The molecule has 3 N–H and O–H groups in total. The first-order valence-electron chi connectivity index (χ1n) is 15.6. The molecule has 2 aliphatic carbocycles. The highest BCUT2D eigenvalue weighted by molar-refractivity contribution is 7.91. The van der Waals surface area contributed by atoms with Gasteiger partial charge in [-0.25, -0.2) is 18.0 Å². The van der Waals surface area contributed by atoms with Crippen LogP contribution >= 0.6 is 0 Å². The van der Waals surface area contributed by atoms with E-state index in [4.69, 9.17) is 9.47 Å². The maximum absolute atomic E-state index is 14.0. The van der Waals surface area contributed by atoms with Gasteiger partial charge in [0.25, 0.3) is 5.91 Å². The fourth-order valence-electron chi connectivity index (χ4n) is 5.64. The topological polar surface area (TPSA) is 181 Å². The highest BCUT2D eigenvalue weighted by Crippen LogP contribution is 2.47. The molecule has 2 aliphatic heterocycles. The second kappa shape index (κ2) is 12.8. The van der Waals surface area contributed by atoms with Crippen LogP contribution in [0.2, 0.25) is 0 Å². The molecule has 1 saturated heterocycles. The quantitative estimate of drug-likeness (QED) is 0.374. The van der Waals surface area contributed by atoms with E-state index in [1.54, 1.807) is 27.7 Å². The fraction of sp³-hybridized carbons (Fsp3) is 0.767. The second-order valence-corrected chi connectivity index (χ2v) is 16.3. The summed E-state index contributed by atoms with van der Waals surface area (Å²) in [4.78, 5) is 69.2. The summed E-state index contributed by atoms with van der Waals surface area (Å²) in [6.07, 6.45) is 5.61. The Kier molecular flexibility index (Phi) is 9.81. The van der Waals surface area contributed by atoms with Gasteiger partial charge in [-0.3, -0.25) is 19.1 Å². The Morgan fingerprint density at radius 2 is 1.80 bits per heavy atom. The van der Waals surface area contributed by atoms with E-state index in [1.807, 2.05) is 12.2 Å². The van der Waals surface area contributed by atoms with Gasteiger partial charge in [0.1, 0.15) is 29.3 Å². The van der Waals surface area contributed by atoms with Crippen molar-refractivity contribution in [1.29, 1.82) is 0 Å². The van der Waals surface area contributed by atoms with Crippen molar-refractivity contribution >= 4 is 39.9 Å². The predicted molar refractivity (Wildman–Crippen MR) is 163 cm³/mol. The van der Waals surface area contributed by atoms with E-state index in [2.05, 4.69) is 15.4 Å². The molecule has 0 aromatic rings. The molecule has 4 aliphatic rings. The van der Waals surface area contributed by atoms with Gasteiger partial charge in [0.15, 0.2) is 0 Å². The summed E-state index contributed by atoms with van der Waals surface area (Å²) in [7, 11) is -0.956. The number of nitrogens with zero attached hydrogens (tertiary/aromatic N) is 2. The first-order chi connectivity index (χ1) is 20.9. The number of sulfonamides is 1. The van der Waals surface area contributed by atoms with Crippen molar-refractivity contribution in [2.24, 2.45) is 5.92 Å². The van der Waals surface area contributed by atoms with E-state index in [9.17, 15) is 32.4 Å². The molecule has 3 fully saturated rings. The molecule has 0 bridgehead atoms. The summed E-state index contributed by atoms with van der Waals surface area (Å²) in [6, 6.07) is -2.17. The van der Waals surface area contributed by atoms with E-state index in [1.165, 1.54) is 23.9 Å². The monoisotopic (exact) mass is 653 g/mol. The summed E-state index contributed by atoms with van der Waals surface area (Å²) in [5.41, 5.74) is -2.33. The molecule has 5 amide bonds. The molecule has 0 aromatic heterocycles. The number of ether oxygens (including phenoxy) is 2. The first-order valence-corrected chi connectivity index (χ1v) is 17.1. The van der Waals surface area contributed by atoms with Gasteiger partial charge in [-0.1, -0.05) is 25.0 Å². The zero-order valence-electron chi connectivity index (χ0n) is 27.0. The molecular formula is C30H47N5O9S. The molecule has 0 radical (unpaired) electrons. The molecular weight excluding hydrogens is 606 g/mol. The van der Waals surface area contributed by atoms with Gasteiger partial charge in [-0.15, -0.1) is 0 Å². The lowest BCUT2D eigenvalue weighted by atomic mass is 10.0. The van der Waals surface area contributed by atoms with E-state index in [0.717, 1.165) is 12.8 Å². The highest BCUT2D eigenvalue weighted by atomic mass is 32.2. The van der Waals surface area contributed by atoms with Crippen molar-refractivity contribution < 1.29 is 41.9 Å². The van der Waals surface area contributed by atoms with Crippen molar-refractivity contribution in [1.82, 2.24) is 25.2 Å². The van der Waals surface area contributed by atoms with Crippen LogP contribution in [0, 0.1) is 5.92 Å². The minimum Gasteiger partial charge on any atom is -0.444 e. The van der Waals surface area contributed by atoms with E-state index >= 15 is 0 Å². The summed E-state index contributed by atoms with van der Waals surface area (Å²) >= 11 is 0. The molecule has 2 heterocycles. The standard InChI is InChI=1S/C30H47N5O9S/c1-28(2,3)44-26(39)31-21-13-11-9-7-8-10-12-19-17-30(19,25(38)33-45(41,42)29(4)14-15-29)32-23(36)22-16-20(18-35(22)24(21)37)43-27(40)34(5)6/h10,12,19-22H,7-9,11,13-18H2,1-6H3,(H,31,39)(H,32,36)(H,33,38)/b12-10-/t19-,20+,21-,22-,30+/m0/s1. The molecule has 2 saturated carbocycles. The number of amides is 5. The van der Waals surface area contributed by atoms with E-state index in [0.29, 0.717) is 32.1 Å². The van der Waals surface area contributed by atoms with Gasteiger partial charge in [-0.2, -0.15) is 0 Å². The van der Waals surface area contributed by atoms with Crippen LogP contribution in [0.5, 0.6) is 0 Å². The molecule has 252 valence electrons. The molecule has 0 aromatic carbocycles. The number of fused-ring (bicyclic) bond motifs is 2. The molecule has 45 heavy (non-hydrogen) atoms. The number of carbonyl (C=O) groups is 5. The van der Waals surface area contributed by atoms with Crippen LogP contribution in [0.15, 0.2) is 12.2 Å². The van der Waals surface area contributed by atoms with Crippen molar-refractivity contribution in [3.63, 3.8) is 0 Å². The van der Waals surface area contributed by atoms with Crippen LogP contribution in [-0.2, 0) is 33.9 Å². The van der Waals surface area contributed by atoms with Gasteiger partial charge < -0.3 is 29.9 Å². The van der Waals surface area contributed by atoms with Crippen LogP contribution in [-0.4, -0.2) is 103 Å². The summed E-state index contributed by atoms with van der Waals surface area (Å²) in [5, 5.41) is 5.45. The third-order valence-corrected chi connectivity index (χ3v) is 11.0. The largest absolute Gasteiger partial charge is 0.444 e. The van der Waals surface area contributed by atoms with Crippen molar-refractivity contribution in [2.75, 3.05) is 20.6 Å². The molecule has 5 atom stereocenters. The van der Waals surface area contributed by atoms with Crippen LogP contribution in [0.4, 0.5) is 9.59 Å². The number of rotatable bonds is 5. The average molecular weight is 654 g/mol. The summed E-state index contributed by atoms with van der Waals surface area (Å²) in [5.74, 6) is -2.49. The average Bonchev–Trinajstić information content (AvgIpc) is 3.80. The zero-order valence-corrected chi connectivity index (χ0v) is 27.8. The lowest BCUT2D eigenvalue weighted by molar-refractivity contribution is -0.141. The Labute approximate surface area is 265 Å². The van der Waals surface area contributed by atoms with Crippen molar-refractivity contribution in [3.8, 4) is 0 Å². The smallest absolute Gasteiger partial charge is 0.409 e. The predicted octanol–water partition coefficient (Wildman–Crippen LogP) is 1.94. The Morgan fingerprint density at radius 1 is 1.11 bits per heavy atom. The van der Waals surface area contributed by atoms with Crippen molar-refractivity contribution in [2.45, 2.75) is 120 Å².